The Morgan fingerprint density at radius 1 is 1.22 bits per heavy atom. The number of rotatable bonds is 4. The first kappa shape index (κ1) is 15.5. The summed E-state index contributed by atoms with van der Waals surface area (Å²) < 4.78 is 0. The van der Waals surface area contributed by atoms with Crippen molar-refractivity contribution >= 4 is 0 Å². The van der Waals surface area contributed by atoms with Crippen LogP contribution in [0.25, 0.3) is 0 Å². The number of nitriles is 1. The van der Waals surface area contributed by atoms with Crippen LogP contribution in [0.5, 0.6) is 0 Å². The molecule has 1 N–H and O–H groups in total. The Hall–Kier alpha value is -0.590. The van der Waals surface area contributed by atoms with Gasteiger partial charge in [0.25, 0.3) is 0 Å². The summed E-state index contributed by atoms with van der Waals surface area (Å²) in [5, 5.41) is 12.6. The largest absolute Gasteiger partial charge is 0.300 e. The van der Waals surface area contributed by atoms with Gasteiger partial charge in [-0.1, -0.05) is 27.7 Å². The number of hydrogen-bond donors (Lipinski definition) is 1. The highest BCUT2D eigenvalue weighted by Gasteiger charge is 2.32. The number of likely N-dealkylation sites (tertiary alicyclic amines) is 1. The molecule has 0 saturated carbocycles. The Morgan fingerprint density at radius 2 is 1.78 bits per heavy atom. The standard InChI is InChI=1S/C15H29N3/c1-6-17-15(5,11-16)12-18-9-7-13(8-10-18)14(2,3)4/h13,17H,6-10,12H2,1-5H3. The molecule has 3 nitrogen and oxygen atoms in total. The Kier molecular flexibility index (Phi) is 5.19. The van der Waals surface area contributed by atoms with Gasteiger partial charge < -0.3 is 4.90 Å². The molecule has 104 valence electrons. The van der Waals surface area contributed by atoms with Crippen LogP contribution in [0.4, 0.5) is 0 Å². The van der Waals surface area contributed by atoms with E-state index >= 15 is 0 Å². The van der Waals surface area contributed by atoms with Gasteiger partial charge in [0, 0.05) is 6.54 Å². The molecule has 1 atom stereocenters. The van der Waals surface area contributed by atoms with Crippen molar-refractivity contribution in [3.8, 4) is 6.07 Å². The fourth-order valence-electron chi connectivity index (χ4n) is 2.93. The van der Waals surface area contributed by atoms with Gasteiger partial charge in [0.05, 0.1) is 6.07 Å². The highest BCUT2D eigenvalue weighted by molar-refractivity contribution is 5.06. The molecule has 3 heteroatoms. The van der Waals surface area contributed by atoms with Crippen molar-refractivity contribution in [2.24, 2.45) is 11.3 Å². The van der Waals surface area contributed by atoms with Crippen molar-refractivity contribution in [3.63, 3.8) is 0 Å². The van der Waals surface area contributed by atoms with E-state index < -0.39 is 5.54 Å². The maximum atomic E-state index is 9.29. The molecule has 1 saturated heterocycles. The third kappa shape index (κ3) is 4.26. The van der Waals surface area contributed by atoms with Crippen molar-refractivity contribution in [3.05, 3.63) is 0 Å². The van der Waals surface area contributed by atoms with Gasteiger partial charge in [0.15, 0.2) is 0 Å². The molecule has 1 aliphatic heterocycles. The summed E-state index contributed by atoms with van der Waals surface area (Å²) in [4.78, 5) is 2.44. The van der Waals surface area contributed by atoms with E-state index in [1.54, 1.807) is 0 Å². The van der Waals surface area contributed by atoms with Gasteiger partial charge in [0.2, 0.25) is 0 Å². The quantitative estimate of drug-likeness (QED) is 0.835. The molecule has 0 radical (unpaired) electrons. The van der Waals surface area contributed by atoms with Crippen LogP contribution in [0.2, 0.25) is 0 Å². The lowest BCUT2D eigenvalue weighted by atomic mass is 9.75. The lowest BCUT2D eigenvalue weighted by Crippen LogP contribution is -2.52. The van der Waals surface area contributed by atoms with Crippen molar-refractivity contribution in [2.45, 2.75) is 53.0 Å². The van der Waals surface area contributed by atoms with Crippen LogP contribution in [0.1, 0.15) is 47.5 Å². The highest BCUT2D eigenvalue weighted by atomic mass is 15.2. The fourth-order valence-corrected chi connectivity index (χ4v) is 2.93. The molecule has 0 spiro atoms. The van der Waals surface area contributed by atoms with E-state index in [-0.39, 0.29) is 0 Å². The summed E-state index contributed by atoms with van der Waals surface area (Å²) in [7, 11) is 0. The van der Waals surface area contributed by atoms with Crippen LogP contribution >= 0.6 is 0 Å². The first-order valence-corrected chi connectivity index (χ1v) is 7.19. The monoisotopic (exact) mass is 251 g/mol. The van der Waals surface area contributed by atoms with Crippen LogP contribution in [0.15, 0.2) is 0 Å². The van der Waals surface area contributed by atoms with Gasteiger partial charge in [-0.3, -0.25) is 5.32 Å². The van der Waals surface area contributed by atoms with Gasteiger partial charge in [-0.2, -0.15) is 5.26 Å². The Labute approximate surface area is 113 Å². The maximum Gasteiger partial charge on any atom is 0.116 e. The Morgan fingerprint density at radius 3 is 2.17 bits per heavy atom. The average Bonchev–Trinajstić information content (AvgIpc) is 2.29. The molecular formula is C15H29N3. The number of nitrogens with one attached hydrogen (secondary N) is 1. The molecule has 1 heterocycles. The van der Waals surface area contributed by atoms with E-state index in [1.807, 2.05) is 6.92 Å². The van der Waals surface area contributed by atoms with Crippen LogP contribution in [-0.4, -0.2) is 36.6 Å². The first-order valence-electron chi connectivity index (χ1n) is 7.19. The second-order valence-electron chi connectivity index (χ2n) is 6.89. The smallest absolute Gasteiger partial charge is 0.116 e. The van der Waals surface area contributed by atoms with Crippen molar-refractivity contribution in [1.82, 2.24) is 10.2 Å². The maximum absolute atomic E-state index is 9.29. The van der Waals surface area contributed by atoms with Gasteiger partial charge in [-0.05, 0) is 50.7 Å². The van der Waals surface area contributed by atoms with Gasteiger partial charge in [-0.25, -0.2) is 0 Å². The van der Waals surface area contributed by atoms with E-state index in [9.17, 15) is 5.26 Å². The van der Waals surface area contributed by atoms with E-state index in [1.165, 1.54) is 12.8 Å². The zero-order chi connectivity index (χ0) is 13.8. The normalized spacial score (nSPS) is 22.4. The summed E-state index contributed by atoms with van der Waals surface area (Å²) in [6.45, 7) is 15.0. The molecule has 0 aromatic carbocycles. The Balaban J connectivity index is 2.47. The number of piperidine rings is 1. The van der Waals surface area contributed by atoms with Crippen LogP contribution in [0, 0.1) is 22.7 Å². The second-order valence-corrected chi connectivity index (χ2v) is 6.89. The summed E-state index contributed by atoms with van der Waals surface area (Å²) in [5.41, 5.74) is 0.0234. The fraction of sp³-hybridized carbons (Fsp3) is 0.933. The van der Waals surface area contributed by atoms with Crippen molar-refractivity contribution in [2.75, 3.05) is 26.2 Å². The molecule has 0 aromatic rings. The van der Waals surface area contributed by atoms with Crippen molar-refractivity contribution < 1.29 is 0 Å². The second kappa shape index (κ2) is 6.04. The van der Waals surface area contributed by atoms with Crippen LogP contribution in [0.3, 0.4) is 0 Å². The summed E-state index contributed by atoms with van der Waals surface area (Å²) in [6, 6.07) is 2.42. The van der Waals surface area contributed by atoms with Gasteiger partial charge >= 0.3 is 0 Å². The molecule has 1 unspecified atom stereocenters. The zero-order valence-electron chi connectivity index (χ0n) is 12.7. The molecule has 0 amide bonds. The molecule has 18 heavy (non-hydrogen) atoms. The topological polar surface area (TPSA) is 39.1 Å². The summed E-state index contributed by atoms with van der Waals surface area (Å²) >= 11 is 0. The van der Waals surface area contributed by atoms with E-state index in [0.717, 1.165) is 32.1 Å². The number of likely N-dealkylation sites (N-methyl/N-ethyl adjacent to an activating group) is 1. The minimum atomic E-state index is -0.399. The molecule has 1 rings (SSSR count). The molecule has 0 bridgehead atoms. The zero-order valence-corrected chi connectivity index (χ0v) is 12.7. The van der Waals surface area contributed by atoms with E-state index in [4.69, 9.17) is 0 Å². The van der Waals surface area contributed by atoms with Crippen LogP contribution in [-0.2, 0) is 0 Å². The summed E-state index contributed by atoms with van der Waals surface area (Å²) in [5.74, 6) is 0.821. The predicted octanol–water partition coefficient (Wildman–Crippen LogP) is 2.64. The number of nitrogens with zero attached hydrogens (tertiary/aromatic N) is 2. The molecular weight excluding hydrogens is 222 g/mol. The van der Waals surface area contributed by atoms with Gasteiger partial charge in [-0.15, -0.1) is 0 Å². The highest BCUT2D eigenvalue weighted by Crippen LogP contribution is 2.34. The molecule has 1 aliphatic rings. The lowest BCUT2D eigenvalue weighted by molar-refractivity contribution is 0.0995. The average molecular weight is 251 g/mol. The molecule has 0 aromatic heterocycles. The van der Waals surface area contributed by atoms with E-state index in [2.05, 4.69) is 44.0 Å². The first-order chi connectivity index (χ1) is 8.30. The third-order valence-corrected chi connectivity index (χ3v) is 4.17. The van der Waals surface area contributed by atoms with Crippen molar-refractivity contribution in [1.29, 1.82) is 5.26 Å². The number of hydrogen-bond acceptors (Lipinski definition) is 3. The van der Waals surface area contributed by atoms with Gasteiger partial charge in [0.1, 0.15) is 5.54 Å². The third-order valence-electron chi connectivity index (χ3n) is 4.17. The summed E-state index contributed by atoms with van der Waals surface area (Å²) in [6.07, 6.45) is 2.52. The minimum absolute atomic E-state index is 0.399. The predicted molar refractivity (Wildman–Crippen MR) is 76.3 cm³/mol. The SMILES string of the molecule is CCNC(C)(C#N)CN1CCC(C(C)(C)C)CC1. The molecule has 1 fully saturated rings. The van der Waals surface area contributed by atoms with E-state index in [0.29, 0.717) is 5.41 Å². The lowest BCUT2D eigenvalue weighted by Gasteiger charge is -2.40. The minimum Gasteiger partial charge on any atom is -0.300 e. The van der Waals surface area contributed by atoms with Crippen LogP contribution < -0.4 is 5.32 Å². The Bertz CT molecular complexity index is 292. The molecule has 0 aliphatic carbocycles.